The van der Waals surface area contributed by atoms with E-state index >= 15 is 0 Å². The van der Waals surface area contributed by atoms with Crippen LogP contribution >= 0.6 is 11.6 Å². The Hall–Kier alpha value is -3.31. The van der Waals surface area contributed by atoms with Crippen LogP contribution in [0.15, 0.2) is 72.8 Å². The summed E-state index contributed by atoms with van der Waals surface area (Å²) in [5.74, 6) is 0.0574. The number of nitrogens with one attached hydrogen (secondary N) is 2. The molecule has 2 N–H and O–H groups in total. The molecule has 0 aromatic heterocycles. The van der Waals surface area contributed by atoms with Gasteiger partial charge in [-0.15, -0.1) is 0 Å². The Bertz CT molecular complexity index is 1010. The van der Waals surface area contributed by atoms with Gasteiger partial charge in [0.15, 0.2) is 6.61 Å². The highest BCUT2D eigenvalue weighted by Crippen LogP contribution is 2.26. The molecule has 6 heteroatoms. The lowest BCUT2D eigenvalue weighted by molar-refractivity contribution is -0.118. The highest BCUT2D eigenvalue weighted by atomic mass is 35.5. The van der Waals surface area contributed by atoms with Gasteiger partial charge in [-0.05, 0) is 35.4 Å². The maximum Gasteiger partial charge on any atom is 0.262 e. The number of hydrogen-bond acceptors (Lipinski definition) is 3. The standard InChI is InChI=1S/C23H21ClN2O3/c1-16(27)25-20-12-11-19(24)14-21(20)26-23(28)15-29-22-10-6-5-9-18(22)13-17-7-3-2-4-8-17/h2-12,14H,13,15H2,1H3,(H,25,27)(H,26,28). The van der Waals surface area contributed by atoms with Gasteiger partial charge in [-0.25, -0.2) is 0 Å². The predicted molar refractivity (Wildman–Crippen MR) is 116 cm³/mol. The Kier molecular flexibility index (Phi) is 6.87. The van der Waals surface area contributed by atoms with Crippen molar-refractivity contribution in [2.45, 2.75) is 13.3 Å². The lowest BCUT2D eigenvalue weighted by Crippen LogP contribution is -2.21. The molecule has 0 heterocycles. The fourth-order valence-corrected chi connectivity index (χ4v) is 3.03. The topological polar surface area (TPSA) is 67.4 Å². The van der Waals surface area contributed by atoms with Crippen LogP contribution in [0, 0.1) is 0 Å². The van der Waals surface area contributed by atoms with Crippen LogP contribution in [-0.4, -0.2) is 18.4 Å². The quantitative estimate of drug-likeness (QED) is 0.583. The summed E-state index contributed by atoms with van der Waals surface area (Å²) < 4.78 is 5.76. The van der Waals surface area contributed by atoms with E-state index in [4.69, 9.17) is 16.3 Å². The molecule has 148 valence electrons. The number of rotatable bonds is 7. The number of carbonyl (C=O) groups excluding carboxylic acids is 2. The molecule has 5 nitrogen and oxygen atoms in total. The molecule has 2 amide bonds. The minimum Gasteiger partial charge on any atom is -0.483 e. The highest BCUT2D eigenvalue weighted by Gasteiger charge is 2.11. The first-order valence-electron chi connectivity index (χ1n) is 9.13. The summed E-state index contributed by atoms with van der Waals surface area (Å²) in [7, 11) is 0. The summed E-state index contributed by atoms with van der Waals surface area (Å²) in [4.78, 5) is 23.8. The third kappa shape index (κ3) is 6.09. The van der Waals surface area contributed by atoms with Gasteiger partial charge in [0.05, 0.1) is 11.4 Å². The molecule has 0 bridgehead atoms. The van der Waals surface area contributed by atoms with E-state index in [1.54, 1.807) is 18.2 Å². The lowest BCUT2D eigenvalue weighted by atomic mass is 10.0. The molecule has 3 aromatic rings. The van der Waals surface area contributed by atoms with Gasteiger partial charge in [-0.1, -0.05) is 60.1 Å². The summed E-state index contributed by atoms with van der Waals surface area (Å²) in [5.41, 5.74) is 3.04. The van der Waals surface area contributed by atoms with Crippen LogP contribution in [0.5, 0.6) is 5.75 Å². The fraction of sp³-hybridized carbons (Fsp3) is 0.130. The lowest BCUT2D eigenvalue weighted by Gasteiger charge is -2.14. The van der Waals surface area contributed by atoms with Gasteiger partial charge < -0.3 is 15.4 Å². The van der Waals surface area contributed by atoms with E-state index in [1.165, 1.54) is 6.92 Å². The van der Waals surface area contributed by atoms with E-state index < -0.39 is 0 Å². The van der Waals surface area contributed by atoms with Crippen molar-refractivity contribution in [1.29, 1.82) is 0 Å². The van der Waals surface area contributed by atoms with E-state index in [2.05, 4.69) is 10.6 Å². The molecule has 0 aliphatic rings. The van der Waals surface area contributed by atoms with Crippen molar-refractivity contribution in [1.82, 2.24) is 0 Å². The van der Waals surface area contributed by atoms with E-state index in [0.717, 1.165) is 11.1 Å². The number of halogens is 1. The van der Waals surface area contributed by atoms with E-state index in [9.17, 15) is 9.59 Å². The molecule has 0 unspecified atom stereocenters. The van der Waals surface area contributed by atoms with Crippen LogP contribution in [0.25, 0.3) is 0 Å². The molecular weight excluding hydrogens is 388 g/mol. The highest BCUT2D eigenvalue weighted by molar-refractivity contribution is 6.31. The number of benzene rings is 3. The Labute approximate surface area is 174 Å². The molecule has 0 radical (unpaired) electrons. The van der Waals surface area contributed by atoms with Crippen molar-refractivity contribution < 1.29 is 14.3 Å². The third-order valence-corrected chi connectivity index (χ3v) is 4.37. The predicted octanol–water partition coefficient (Wildman–Crippen LogP) is 4.91. The van der Waals surface area contributed by atoms with E-state index in [-0.39, 0.29) is 18.4 Å². The van der Waals surface area contributed by atoms with Crippen LogP contribution in [0.1, 0.15) is 18.1 Å². The first kappa shape index (κ1) is 20.4. The number of para-hydroxylation sites is 1. The minimum atomic E-state index is -0.353. The largest absolute Gasteiger partial charge is 0.483 e. The molecule has 3 aromatic carbocycles. The van der Waals surface area contributed by atoms with Gasteiger partial charge in [0.25, 0.3) is 5.91 Å². The second kappa shape index (κ2) is 9.75. The van der Waals surface area contributed by atoms with Gasteiger partial charge in [0, 0.05) is 18.4 Å². The normalized spacial score (nSPS) is 10.3. The zero-order chi connectivity index (χ0) is 20.6. The summed E-state index contributed by atoms with van der Waals surface area (Å²) >= 11 is 6.01. The Balaban J connectivity index is 1.66. The van der Waals surface area contributed by atoms with Gasteiger partial charge in [-0.2, -0.15) is 0 Å². The Morgan fingerprint density at radius 3 is 2.38 bits per heavy atom. The van der Waals surface area contributed by atoms with E-state index in [0.29, 0.717) is 28.6 Å². The average molecular weight is 409 g/mol. The van der Waals surface area contributed by atoms with Crippen molar-refractivity contribution in [2.24, 2.45) is 0 Å². The van der Waals surface area contributed by atoms with Gasteiger partial charge in [0.2, 0.25) is 5.91 Å². The van der Waals surface area contributed by atoms with Crippen LogP contribution < -0.4 is 15.4 Å². The average Bonchev–Trinajstić information content (AvgIpc) is 2.70. The number of anilines is 2. The fourth-order valence-electron chi connectivity index (χ4n) is 2.85. The first-order valence-corrected chi connectivity index (χ1v) is 9.50. The van der Waals surface area contributed by atoms with Crippen LogP contribution in [0.3, 0.4) is 0 Å². The van der Waals surface area contributed by atoms with Crippen molar-refractivity contribution in [3.63, 3.8) is 0 Å². The molecule has 0 atom stereocenters. The summed E-state index contributed by atoms with van der Waals surface area (Å²) in [6, 6.07) is 22.5. The van der Waals surface area contributed by atoms with Crippen molar-refractivity contribution in [2.75, 3.05) is 17.2 Å². The second-order valence-electron chi connectivity index (χ2n) is 6.48. The monoisotopic (exact) mass is 408 g/mol. The molecule has 0 aliphatic heterocycles. The smallest absolute Gasteiger partial charge is 0.262 e. The SMILES string of the molecule is CC(=O)Nc1ccc(Cl)cc1NC(=O)COc1ccccc1Cc1ccccc1. The maximum atomic E-state index is 12.4. The van der Waals surface area contributed by atoms with Crippen LogP contribution in [0.4, 0.5) is 11.4 Å². The summed E-state index contributed by atoms with van der Waals surface area (Å²) in [6.45, 7) is 1.23. The van der Waals surface area contributed by atoms with Crippen molar-refractivity contribution in [3.8, 4) is 5.75 Å². The third-order valence-electron chi connectivity index (χ3n) is 4.14. The van der Waals surface area contributed by atoms with E-state index in [1.807, 2.05) is 54.6 Å². The molecule has 0 saturated carbocycles. The summed E-state index contributed by atoms with van der Waals surface area (Å²) in [5, 5.41) is 5.84. The number of hydrogen-bond donors (Lipinski definition) is 2. The zero-order valence-electron chi connectivity index (χ0n) is 15.9. The molecule has 0 saturated heterocycles. The maximum absolute atomic E-state index is 12.4. The molecule has 0 fully saturated rings. The minimum absolute atomic E-state index is 0.169. The molecule has 3 rings (SSSR count). The molecule has 0 spiro atoms. The van der Waals surface area contributed by atoms with Gasteiger partial charge >= 0.3 is 0 Å². The van der Waals surface area contributed by atoms with Crippen LogP contribution in [-0.2, 0) is 16.0 Å². The number of carbonyl (C=O) groups is 2. The summed E-state index contributed by atoms with van der Waals surface area (Å²) in [6.07, 6.45) is 0.708. The van der Waals surface area contributed by atoms with Crippen LogP contribution in [0.2, 0.25) is 5.02 Å². The Morgan fingerprint density at radius 1 is 0.897 bits per heavy atom. The zero-order valence-corrected chi connectivity index (χ0v) is 16.7. The van der Waals surface area contributed by atoms with Gasteiger partial charge in [-0.3, -0.25) is 9.59 Å². The number of ether oxygens (including phenoxy) is 1. The molecule has 0 aliphatic carbocycles. The molecular formula is C23H21ClN2O3. The number of amides is 2. The second-order valence-corrected chi connectivity index (χ2v) is 6.91. The van der Waals surface area contributed by atoms with Crippen molar-refractivity contribution in [3.05, 3.63) is 88.9 Å². The first-order chi connectivity index (χ1) is 14.0. The molecule has 29 heavy (non-hydrogen) atoms. The Morgan fingerprint density at radius 2 is 1.62 bits per heavy atom. The van der Waals surface area contributed by atoms with Crippen molar-refractivity contribution >= 4 is 34.8 Å². The van der Waals surface area contributed by atoms with Gasteiger partial charge in [0.1, 0.15) is 5.75 Å².